The molecule has 0 amide bonds. The molecule has 0 heterocycles. The number of unbranched alkanes of at least 4 members (excludes halogenated alkanes) is 3. The Morgan fingerprint density at radius 1 is 0.680 bits per heavy atom. The third kappa shape index (κ3) is 8.31. The fraction of sp³-hybridized carbons (Fsp3) is 0.920. The Balaban J connectivity index is 1.54. The second-order valence-electron chi connectivity index (χ2n) is 9.21. The van der Waals surface area contributed by atoms with Crippen LogP contribution in [0.15, 0.2) is 12.2 Å². The predicted molar refractivity (Wildman–Crippen MR) is 113 cm³/mol. The molecule has 2 aliphatic carbocycles. The number of allylic oxidation sites excluding steroid dienone is 2. The van der Waals surface area contributed by atoms with Crippen LogP contribution in [0.2, 0.25) is 0 Å². The first kappa shape index (κ1) is 21.0. The molecule has 0 bridgehead atoms. The smallest absolute Gasteiger partial charge is 0.0205 e. The van der Waals surface area contributed by atoms with Gasteiger partial charge in [-0.15, -0.1) is 0 Å². The van der Waals surface area contributed by atoms with Gasteiger partial charge in [-0.05, 0) is 49.4 Å². The van der Waals surface area contributed by atoms with E-state index >= 15 is 0 Å². The Morgan fingerprint density at radius 2 is 1.28 bits per heavy atom. The summed E-state index contributed by atoms with van der Waals surface area (Å²) in [4.78, 5) is 0. The van der Waals surface area contributed by atoms with E-state index in [9.17, 15) is 0 Å². The molecule has 2 fully saturated rings. The number of rotatable bonds is 11. The average Bonchev–Trinajstić information content (AvgIpc) is 2.65. The molecular weight excluding hydrogens is 300 g/mol. The van der Waals surface area contributed by atoms with Crippen LogP contribution in [0.1, 0.15) is 123 Å². The topological polar surface area (TPSA) is 0 Å². The summed E-state index contributed by atoms with van der Waals surface area (Å²) in [5.41, 5.74) is 0. The fourth-order valence-corrected chi connectivity index (χ4v) is 5.49. The summed E-state index contributed by atoms with van der Waals surface area (Å²) in [6.45, 7) is 4.60. The molecule has 0 aromatic rings. The van der Waals surface area contributed by atoms with Crippen molar-refractivity contribution in [1.29, 1.82) is 0 Å². The lowest BCUT2D eigenvalue weighted by Crippen LogP contribution is -2.18. The van der Waals surface area contributed by atoms with E-state index in [1.807, 2.05) is 0 Å². The maximum absolute atomic E-state index is 2.56. The minimum absolute atomic E-state index is 0.909. The molecule has 0 spiro atoms. The van der Waals surface area contributed by atoms with Crippen molar-refractivity contribution in [2.75, 3.05) is 0 Å². The van der Waals surface area contributed by atoms with Crippen molar-refractivity contribution in [3.05, 3.63) is 12.2 Å². The fourth-order valence-electron chi connectivity index (χ4n) is 5.49. The highest BCUT2D eigenvalue weighted by molar-refractivity contribution is 4.93. The zero-order chi connectivity index (χ0) is 17.7. The van der Waals surface area contributed by atoms with Crippen molar-refractivity contribution in [2.24, 2.45) is 23.7 Å². The van der Waals surface area contributed by atoms with Gasteiger partial charge >= 0.3 is 0 Å². The summed E-state index contributed by atoms with van der Waals surface area (Å²) in [6.07, 6.45) is 30.2. The van der Waals surface area contributed by atoms with E-state index in [1.54, 1.807) is 25.7 Å². The van der Waals surface area contributed by atoms with Gasteiger partial charge in [0.15, 0.2) is 0 Å². The first-order valence-electron chi connectivity index (χ1n) is 12.0. The predicted octanol–water partition coefficient (Wildman–Crippen LogP) is 8.71. The highest BCUT2D eigenvalue weighted by Crippen LogP contribution is 2.37. The summed E-state index contributed by atoms with van der Waals surface area (Å²) in [5.74, 6) is 4.07. The maximum Gasteiger partial charge on any atom is -0.0205 e. The van der Waals surface area contributed by atoms with Gasteiger partial charge in [0, 0.05) is 0 Å². The van der Waals surface area contributed by atoms with Crippen molar-refractivity contribution in [2.45, 2.75) is 123 Å². The lowest BCUT2D eigenvalue weighted by atomic mass is 9.75. The molecule has 0 N–H and O–H groups in total. The third-order valence-electron chi connectivity index (χ3n) is 7.21. The van der Waals surface area contributed by atoms with E-state index in [0.717, 1.165) is 23.7 Å². The van der Waals surface area contributed by atoms with Gasteiger partial charge in [0.05, 0.1) is 0 Å². The van der Waals surface area contributed by atoms with Crippen LogP contribution < -0.4 is 0 Å². The van der Waals surface area contributed by atoms with Crippen LogP contribution in [0.5, 0.6) is 0 Å². The van der Waals surface area contributed by atoms with Crippen molar-refractivity contribution in [3.8, 4) is 0 Å². The molecule has 25 heavy (non-hydrogen) atoms. The van der Waals surface area contributed by atoms with E-state index in [-0.39, 0.29) is 0 Å². The first-order valence-corrected chi connectivity index (χ1v) is 12.0. The van der Waals surface area contributed by atoms with E-state index in [1.165, 1.54) is 83.5 Å². The molecule has 0 saturated heterocycles. The Labute approximate surface area is 159 Å². The minimum atomic E-state index is 0.909. The molecule has 0 nitrogen and oxygen atoms in total. The lowest BCUT2D eigenvalue weighted by molar-refractivity contribution is 0.234. The largest absolute Gasteiger partial charge is 0.0885 e. The third-order valence-corrected chi connectivity index (χ3v) is 7.21. The quantitative estimate of drug-likeness (QED) is 0.259. The van der Waals surface area contributed by atoms with E-state index in [4.69, 9.17) is 0 Å². The van der Waals surface area contributed by atoms with Crippen LogP contribution in [0.4, 0.5) is 0 Å². The van der Waals surface area contributed by atoms with Gasteiger partial charge in [0.2, 0.25) is 0 Å². The molecule has 2 aliphatic rings. The Bertz CT molecular complexity index is 334. The molecule has 0 aromatic heterocycles. The van der Waals surface area contributed by atoms with Crippen molar-refractivity contribution in [1.82, 2.24) is 0 Å². The first-order chi connectivity index (χ1) is 12.3. The van der Waals surface area contributed by atoms with Gasteiger partial charge in [-0.3, -0.25) is 0 Å². The number of hydrogen-bond acceptors (Lipinski definition) is 0. The Kier molecular flexibility index (Phi) is 10.9. The van der Waals surface area contributed by atoms with Crippen LogP contribution in [-0.4, -0.2) is 0 Å². The molecule has 0 heteroatoms. The van der Waals surface area contributed by atoms with Gasteiger partial charge in [-0.2, -0.15) is 0 Å². The molecule has 0 aliphatic heterocycles. The normalized spacial score (nSPS) is 30.8. The second-order valence-corrected chi connectivity index (χ2v) is 9.21. The summed E-state index contributed by atoms with van der Waals surface area (Å²) in [5, 5.41) is 0. The van der Waals surface area contributed by atoms with Crippen LogP contribution >= 0.6 is 0 Å². The molecular formula is C25H46. The molecule has 146 valence electrons. The molecule has 2 unspecified atom stereocenters. The Morgan fingerprint density at radius 3 is 1.92 bits per heavy atom. The van der Waals surface area contributed by atoms with Crippen LogP contribution in [0, 0.1) is 23.7 Å². The average molecular weight is 347 g/mol. The minimum Gasteiger partial charge on any atom is -0.0885 e. The zero-order valence-corrected chi connectivity index (χ0v) is 17.5. The van der Waals surface area contributed by atoms with Crippen LogP contribution in [-0.2, 0) is 0 Å². The van der Waals surface area contributed by atoms with Crippen molar-refractivity contribution in [3.63, 3.8) is 0 Å². The SMILES string of the molecule is CCC=CC1CCCCC1CCCC[C@H]1CC[C@H](CCCCC)CC1. The van der Waals surface area contributed by atoms with Gasteiger partial charge in [0.1, 0.15) is 0 Å². The van der Waals surface area contributed by atoms with Crippen molar-refractivity contribution < 1.29 is 0 Å². The highest BCUT2D eigenvalue weighted by atomic mass is 14.3. The highest BCUT2D eigenvalue weighted by Gasteiger charge is 2.23. The van der Waals surface area contributed by atoms with Crippen LogP contribution in [0.3, 0.4) is 0 Å². The van der Waals surface area contributed by atoms with Gasteiger partial charge in [-0.1, -0.05) is 109 Å². The van der Waals surface area contributed by atoms with E-state index in [0.29, 0.717) is 0 Å². The maximum atomic E-state index is 2.56. The summed E-state index contributed by atoms with van der Waals surface area (Å²) in [7, 11) is 0. The van der Waals surface area contributed by atoms with Gasteiger partial charge in [0.25, 0.3) is 0 Å². The van der Waals surface area contributed by atoms with Crippen molar-refractivity contribution >= 4 is 0 Å². The summed E-state index contributed by atoms with van der Waals surface area (Å²) < 4.78 is 0. The summed E-state index contributed by atoms with van der Waals surface area (Å²) in [6, 6.07) is 0. The molecule has 0 aromatic carbocycles. The lowest BCUT2D eigenvalue weighted by Gasteiger charge is -2.30. The van der Waals surface area contributed by atoms with E-state index < -0.39 is 0 Å². The molecule has 0 radical (unpaired) electrons. The van der Waals surface area contributed by atoms with E-state index in [2.05, 4.69) is 26.0 Å². The second kappa shape index (κ2) is 13.0. The van der Waals surface area contributed by atoms with Gasteiger partial charge in [-0.25, -0.2) is 0 Å². The standard InChI is InChI=1S/C25H46/c1-3-5-7-12-22-18-20-23(21-19-22)13-8-9-15-25-17-11-10-16-24(25)14-6-4-2/h6,14,22-25H,3-5,7-13,15-21H2,1-2H3/t22-,23-,24?,25?. The number of hydrogen-bond donors (Lipinski definition) is 0. The van der Waals surface area contributed by atoms with Gasteiger partial charge < -0.3 is 0 Å². The molecule has 2 saturated carbocycles. The molecule has 2 rings (SSSR count). The van der Waals surface area contributed by atoms with Crippen LogP contribution in [0.25, 0.3) is 0 Å². The molecule has 2 atom stereocenters. The summed E-state index contributed by atoms with van der Waals surface area (Å²) >= 11 is 0. The zero-order valence-electron chi connectivity index (χ0n) is 17.5. The Hall–Kier alpha value is -0.260. The monoisotopic (exact) mass is 346 g/mol.